The maximum absolute atomic E-state index is 13.1. The summed E-state index contributed by atoms with van der Waals surface area (Å²) in [5.74, 6) is -0.383. The van der Waals surface area contributed by atoms with Gasteiger partial charge in [-0.25, -0.2) is 13.8 Å². The van der Waals surface area contributed by atoms with Gasteiger partial charge in [0.15, 0.2) is 0 Å². The predicted molar refractivity (Wildman–Crippen MR) is 159 cm³/mol. The summed E-state index contributed by atoms with van der Waals surface area (Å²) in [5.41, 5.74) is 4.02. The lowest BCUT2D eigenvalue weighted by Gasteiger charge is -2.05. The van der Waals surface area contributed by atoms with Crippen LogP contribution in [0.2, 0.25) is 0 Å². The van der Waals surface area contributed by atoms with Crippen molar-refractivity contribution in [2.45, 2.75) is 20.5 Å². The van der Waals surface area contributed by atoms with E-state index in [1.807, 2.05) is 59.4 Å². The molecule has 0 saturated carbocycles. The van der Waals surface area contributed by atoms with E-state index in [-0.39, 0.29) is 19.1 Å². The quantitative estimate of drug-likeness (QED) is 0.209. The summed E-state index contributed by atoms with van der Waals surface area (Å²) < 4.78 is 30.3. The first kappa shape index (κ1) is 28.2. The van der Waals surface area contributed by atoms with Gasteiger partial charge in [0, 0.05) is 42.6 Å². The Morgan fingerprint density at radius 2 is 1.19 bits per heavy atom. The summed E-state index contributed by atoms with van der Waals surface area (Å²) in [4.78, 5) is 4.33. The zero-order valence-electron chi connectivity index (χ0n) is 19.6. The van der Waals surface area contributed by atoms with E-state index in [9.17, 15) is 8.78 Å². The number of pyridine rings is 1. The largest absolute Gasteiger partial charge is 0.343 e. The fourth-order valence-corrected chi connectivity index (χ4v) is 4.09. The fraction of sp³-hybridized carbons (Fsp3) is 0.100. The third-order valence-corrected chi connectivity index (χ3v) is 5.69. The first-order valence-electron chi connectivity index (χ1n) is 11.4. The van der Waals surface area contributed by atoms with Gasteiger partial charge < -0.3 is 9.13 Å². The van der Waals surface area contributed by atoms with Gasteiger partial charge in [-0.1, -0.05) is 49.9 Å². The molecule has 3 heterocycles. The SMILES string of the molecule is C.Fc1cccc(Cn2ccc3ccccc32)c1.Fc1cccc(Cn2ccc3cccnc32)c1.PP. The maximum atomic E-state index is 13.1. The van der Waals surface area contributed by atoms with Gasteiger partial charge in [-0.3, -0.25) is 0 Å². The molecule has 7 heteroatoms. The van der Waals surface area contributed by atoms with E-state index in [1.165, 1.54) is 23.0 Å². The Balaban J connectivity index is 0.000000188. The molecule has 0 aliphatic heterocycles. The van der Waals surface area contributed by atoms with Gasteiger partial charge in [0.1, 0.15) is 17.3 Å². The van der Waals surface area contributed by atoms with Gasteiger partial charge in [0.05, 0.1) is 0 Å². The molecule has 2 unspecified atom stereocenters. The molecule has 3 nitrogen and oxygen atoms in total. The number of benzene rings is 3. The van der Waals surface area contributed by atoms with Crippen molar-refractivity contribution in [3.05, 3.63) is 138 Å². The van der Waals surface area contributed by atoms with E-state index in [0.29, 0.717) is 13.1 Å². The Hall–Kier alpha value is -3.39. The van der Waals surface area contributed by atoms with Gasteiger partial charge in [0.2, 0.25) is 0 Å². The van der Waals surface area contributed by atoms with Crippen LogP contribution in [0.5, 0.6) is 0 Å². The minimum absolute atomic E-state index is 0. The second-order valence-electron chi connectivity index (χ2n) is 8.12. The highest BCUT2D eigenvalue weighted by Gasteiger charge is 2.03. The molecular formula is C30H31F2N3P2. The van der Waals surface area contributed by atoms with E-state index in [2.05, 4.69) is 45.6 Å². The smallest absolute Gasteiger partial charge is 0.140 e. The molecular weight excluding hydrogens is 502 g/mol. The number of hydrogen-bond acceptors (Lipinski definition) is 1. The van der Waals surface area contributed by atoms with Gasteiger partial charge in [-0.05, 0) is 71.1 Å². The molecule has 3 aromatic carbocycles. The first-order valence-corrected chi connectivity index (χ1v) is 14.1. The summed E-state index contributed by atoms with van der Waals surface area (Å²) in [6.07, 6.45) is 5.78. The van der Waals surface area contributed by atoms with Crippen molar-refractivity contribution < 1.29 is 8.78 Å². The molecule has 0 bridgehead atoms. The molecule has 190 valence electrons. The van der Waals surface area contributed by atoms with Crippen molar-refractivity contribution in [3.63, 3.8) is 0 Å². The van der Waals surface area contributed by atoms with Crippen LogP contribution < -0.4 is 0 Å². The van der Waals surface area contributed by atoms with Gasteiger partial charge in [-0.15, -0.1) is 17.9 Å². The van der Waals surface area contributed by atoms with Crippen LogP contribution >= 0.6 is 17.9 Å². The number of rotatable bonds is 4. The zero-order chi connectivity index (χ0) is 25.3. The summed E-state index contributed by atoms with van der Waals surface area (Å²) in [7, 11) is 4.67. The van der Waals surface area contributed by atoms with Crippen molar-refractivity contribution in [2.75, 3.05) is 0 Å². The predicted octanol–water partition coefficient (Wildman–Crippen LogP) is 8.34. The van der Waals surface area contributed by atoms with Crippen LogP contribution in [-0.2, 0) is 13.1 Å². The first-order chi connectivity index (χ1) is 17.7. The molecule has 0 aliphatic carbocycles. The van der Waals surface area contributed by atoms with Crippen LogP contribution in [0.3, 0.4) is 0 Å². The average molecular weight is 534 g/mol. The number of para-hydroxylation sites is 1. The van der Waals surface area contributed by atoms with E-state index in [1.54, 1.807) is 30.5 Å². The van der Waals surface area contributed by atoms with Crippen LogP contribution in [-0.4, -0.2) is 14.1 Å². The Morgan fingerprint density at radius 1 is 0.622 bits per heavy atom. The Labute approximate surface area is 221 Å². The number of aromatic nitrogens is 3. The minimum atomic E-state index is -0.202. The standard InChI is InChI=1S/C15H12FN.C14H11FN2.CH4.H4P2/c16-14-6-3-4-12(10-14)11-17-9-8-13-5-1-2-7-15(13)17;15-13-5-1-3-11(9-13)10-17-8-6-12-4-2-7-16-14(12)17;;1-2/h1-10H,11H2;1-9H,10H2;1H4;1-2H2. The third kappa shape index (κ3) is 7.32. The average Bonchev–Trinajstić information content (AvgIpc) is 3.50. The molecule has 6 aromatic rings. The van der Waals surface area contributed by atoms with Crippen molar-refractivity contribution in [3.8, 4) is 0 Å². The normalized spacial score (nSPS) is 10.2. The molecule has 0 aliphatic rings. The number of nitrogens with zero attached hydrogens (tertiary/aromatic N) is 3. The highest BCUT2D eigenvalue weighted by molar-refractivity contribution is 7.92. The molecule has 37 heavy (non-hydrogen) atoms. The maximum Gasteiger partial charge on any atom is 0.140 e. The van der Waals surface area contributed by atoms with Crippen LogP contribution in [0.1, 0.15) is 18.6 Å². The minimum Gasteiger partial charge on any atom is -0.343 e. The van der Waals surface area contributed by atoms with E-state index >= 15 is 0 Å². The van der Waals surface area contributed by atoms with Crippen molar-refractivity contribution in [1.29, 1.82) is 0 Å². The van der Waals surface area contributed by atoms with Crippen LogP contribution in [0, 0.1) is 11.6 Å². The molecule has 2 atom stereocenters. The zero-order valence-corrected chi connectivity index (χ0v) is 21.9. The Kier molecular flexibility index (Phi) is 10.5. The fourth-order valence-electron chi connectivity index (χ4n) is 4.09. The van der Waals surface area contributed by atoms with Gasteiger partial charge in [-0.2, -0.15) is 0 Å². The van der Waals surface area contributed by atoms with Crippen molar-refractivity contribution in [1.82, 2.24) is 14.1 Å². The number of fused-ring (bicyclic) bond motifs is 2. The summed E-state index contributed by atoms with van der Waals surface area (Å²) in [6, 6.07) is 29.6. The molecule has 3 aromatic heterocycles. The molecule has 0 N–H and O–H groups in total. The van der Waals surface area contributed by atoms with E-state index in [4.69, 9.17) is 0 Å². The molecule has 0 spiro atoms. The second kappa shape index (κ2) is 13.8. The molecule has 0 saturated heterocycles. The van der Waals surface area contributed by atoms with Crippen LogP contribution in [0.25, 0.3) is 21.9 Å². The van der Waals surface area contributed by atoms with Crippen molar-refractivity contribution in [2.24, 2.45) is 0 Å². The lowest BCUT2D eigenvalue weighted by Crippen LogP contribution is -1.99. The number of halogens is 2. The molecule has 6 rings (SSSR count). The summed E-state index contributed by atoms with van der Waals surface area (Å²) in [6.45, 7) is 1.34. The van der Waals surface area contributed by atoms with Gasteiger partial charge >= 0.3 is 0 Å². The van der Waals surface area contributed by atoms with E-state index in [0.717, 1.165) is 22.2 Å². The topological polar surface area (TPSA) is 22.8 Å². The number of hydrogen-bond donors (Lipinski definition) is 0. The van der Waals surface area contributed by atoms with Crippen LogP contribution in [0.15, 0.2) is 116 Å². The summed E-state index contributed by atoms with van der Waals surface area (Å²) >= 11 is 0. The van der Waals surface area contributed by atoms with Crippen molar-refractivity contribution >= 4 is 39.8 Å². The third-order valence-electron chi connectivity index (χ3n) is 5.69. The second-order valence-corrected chi connectivity index (χ2v) is 8.12. The molecule has 0 fully saturated rings. The van der Waals surface area contributed by atoms with Crippen LogP contribution in [0.4, 0.5) is 8.78 Å². The molecule has 0 radical (unpaired) electrons. The van der Waals surface area contributed by atoms with Gasteiger partial charge in [0.25, 0.3) is 0 Å². The highest BCUT2D eigenvalue weighted by atomic mass is 32.0. The monoisotopic (exact) mass is 533 g/mol. The molecule has 0 amide bonds. The Bertz CT molecular complexity index is 1440. The Morgan fingerprint density at radius 3 is 1.86 bits per heavy atom. The van der Waals surface area contributed by atoms with E-state index < -0.39 is 0 Å². The lowest BCUT2D eigenvalue weighted by atomic mass is 10.2. The lowest BCUT2D eigenvalue weighted by molar-refractivity contribution is 0.623. The summed E-state index contributed by atoms with van der Waals surface area (Å²) in [5, 5.41) is 2.31. The highest BCUT2D eigenvalue weighted by Crippen LogP contribution is 2.17.